The first-order valence-corrected chi connectivity index (χ1v) is 9.18. The van der Waals surface area contributed by atoms with Gasteiger partial charge in [-0.05, 0) is 49.7 Å². The number of carbonyl (C=O) groups is 1. The second-order valence-electron chi connectivity index (χ2n) is 7.45. The minimum absolute atomic E-state index is 0.0943. The molecule has 2 heterocycles. The molecular formula is C18H19N3O3S. The Hall–Kier alpha value is -1.99. The van der Waals surface area contributed by atoms with Crippen molar-refractivity contribution in [3.8, 4) is 0 Å². The summed E-state index contributed by atoms with van der Waals surface area (Å²) in [4.78, 5) is 30.2. The lowest BCUT2D eigenvalue weighted by Crippen LogP contribution is -2.71. The average molecular weight is 357 g/mol. The van der Waals surface area contributed by atoms with E-state index in [1.54, 1.807) is 18.2 Å². The summed E-state index contributed by atoms with van der Waals surface area (Å²) in [6, 6.07) is 5.26. The van der Waals surface area contributed by atoms with Crippen molar-refractivity contribution in [3.63, 3.8) is 0 Å². The quantitative estimate of drug-likeness (QED) is 0.720. The van der Waals surface area contributed by atoms with Gasteiger partial charge >= 0.3 is 0 Å². The summed E-state index contributed by atoms with van der Waals surface area (Å²) in [5, 5.41) is 3.74. The van der Waals surface area contributed by atoms with Crippen LogP contribution in [-0.4, -0.2) is 34.6 Å². The highest BCUT2D eigenvalue weighted by Crippen LogP contribution is 2.62. The monoisotopic (exact) mass is 357 g/mol. The number of amides is 1. The van der Waals surface area contributed by atoms with E-state index in [0.717, 1.165) is 25.9 Å². The Bertz CT molecular complexity index is 991. The Balaban J connectivity index is 1.44. The van der Waals surface area contributed by atoms with Crippen LogP contribution in [-0.2, 0) is 4.74 Å². The highest BCUT2D eigenvalue weighted by atomic mass is 32.1. The smallest absolute Gasteiger partial charge is 0.259 e. The second-order valence-corrected chi connectivity index (χ2v) is 7.86. The Morgan fingerprint density at radius 2 is 2.16 bits per heavy atom. The molecule has 3 atom stereocenters. The van der Waals surface area contributed by atoms with Crippen LogP contribution < -0.4 is 10.9 Å². The summed E-state index contributed by atoms with van der Waals surface area (Å²) in [5.41, 5.74) is 1.03. The van der Waals surface area contributed by atoms with Gasteiger partial charge in [-0.3, -0.25) is 14.6 Å². The van der Waals surface area contributed by atoms with Crippen molar-refractivity contribution in [2.24, 2.45) is 11.3 Å². The summed E-state index contributed by atoms with van der Waals surface area (Å²) in [7, 11) is 0. The van der Waals surface area contributed by atoms with Gasteiger partial charge in [0.15, 0.2) is 4.77 Å². The van der Waals surface area contributed by atoms with Crippen LogP contribution in [0.5, 0.6) is 0 Å². The van der Waals surface area contributed by atoms with Crippen molar-refractivity contribution < 1.29 is 9.53 Å². The van der Waals surface area contributed by atoms with Crippen LogP contribution in [0, 0.1) is 16.1 Å². The molecule has 0 unspecified atom stereocenters. The van der Waals surface area contributed by atoms with E-state index in [1.165, 1.54) is 6.42 Å². The van der Waals surface area contributed by atoms with Gasteiger partial charge in [-0.25, -0.2) is 0 Å². The number of aromatic nitrogens is 2. The van der Waals surface area contributed by atoms with E-state index >= 15 is 0 Å². The molecule has 5 rings (SSSR count). The molecule has 3 fully saturated rings. The van der Waals surface area contributed by atoms with Gasteiger partial charge < -0.3 is 15.0 Å². The minimum atomic E-state index is -0.246. The molecule has 130 valence electrons. The number of nitrogens with one attached hydrogen (secondary N) is 3. The lowest BCUT2D eigenvalue weighted by atomic mass is 9.46. The molecule has 1 saturated heterocycles. The zero-order valence-electron chi connectivity index (χ0n) is 13.6. The maximum absolute atomic E-state index is 12.8. The molecule has 7 heteroatoms. The number of H-pyrrole nitrogens is 2. The highest BCUT2D eigenvalue weighted by molar-refractivity contribution is 7.71. The molecule has 1 spiro atoms. The van der Waals surface area contributed by atoms with Crippen molar-refractivity contribution in [2.75, 3.05) is 6.61 Å². The van der Waals surface area contributed by atoms with Gasteiger partial charge in [0, 0.05) is 29.5 Å². The van der Waals surface area contributed by atoms with Gasteiger partial charge in [0.2, 0.25) is 0 Å². The van der Waals surface area contributed by atoms with Crippen LogP contribution in [0.1, 0.15) is 36.0 Å². The molecule has 1 aromatic heterocycles. The van der Waals surface area contributed by atoms with Gasteiger partial charge in [-0.2, -0.15) is 0 Å². The second kappa shape index (κ2) is 5.25. The Kier molecular flexibility index (Phi) is 3.21. The third-order valence-corrected chi connectivity index (χ3v) is 6.53. The number of hydrogen-bond donors (Lipinski definition) is 3. The van der Waals surface area contributed by atoms with E-state index < -0.39 is 0 Å². The predicted octanol–water partition coefficient (Wildman–Crippen LogP) is 2.27. The molecule has 1 aromatic carbocycles. The topological polar surface area (TPSA) is 87.0 Å². The summed E-state index contributed by atoms with van der Waals surface area (Å²) >= 11 is 5.01. The zero-order valence-corrected chi connectivity index (χ0v) is 14.4. The highest BCUT2D eigenvalue weighted by Gasteiger charge is 2.66. The normalized spacial score (nSPS) is 29.0. The summed E-state index contributed by atoms with van der Waals surface area (Å²) in [5.74, 6) is 0.349. The van der Waals surface area contributed by atoms with E-state index in [2.05, 4.69) is 15.3 Å². The number of benzene rings is 1. The van der Waals surface area contributed by atoms with Crippen LogP contribution in [0.25, 0.3) is 10.9 Å². The lowest BCUT2D eigenvalue weighted by Gasteiger charge is -2.63. The molecule has 2 aromatic rings. The standard InChI is InChI=1S/C18H19N3O3S/c22-15(9-2-3-10-12(8-9)19-17(25)21-16(10)23)20-13-11-4-7-24-14(11)18(13)5-1-6-18/h2-3,8,11,13-14H,1,4-7H2,(H,20,22)(H2,19,21,23,25)/t11-,13-,14-/m1/s1. The van der Waals surface area contributed by atoms with Crippen LogP contribution in [0.3, 0.4) is 0 Å². The first-order chi connectivity index (χ1) is 12.1. The van der Waals surface area contributed by atoms with E-state index in [1.807, 2.05) is 0 Å². The zero-order chi connectivity index (χ0) is 17.2. The largest absolute Gasteiger partial charge is 0.377 e. The van der Waals surface area contributed by atoms with Crippen LogP contribution >= 0.6 is 12.2 Å². The molecule has 3 aliphatic rings. The van der Waals surface area contributed by atoms with Gasteiger partial charge in [-0.1, -0.05) is 6.42 Å². The van der Waals surface area contributed by atoms with Crippen LogP contribution in [0.15, 0.2) is 23.0 Å². The number of carbonyl (C=O) groups excluding carboxylic acids is 1. The fourth-order valence-electron chi connectivity index (χ4n) is 4.99. The van der Waals surface area contributed by atoms with Gasteiger partial charge in [-0.15, -0.1) is 0 Å². The molecule has 2 saturated carbocycles. The molecule has 6 nitrogen and oxygen atoms in total. The molecule has 2 aliphatic carbocycles. The fraction of sp³-hybridized carbons (Fsp3) is 0.500. The summed E-state index contributed by atoms with van der Waals surface area (Å²) < 4.78 is 6.16. The molecular weight excluding hydrogens is 338 g/mol. The number of aromatic amines is 2. The van der Waals surface area contributed by atoms with Crippen LogP contribution in [0.2, 0.25) is 0 Å². The maximum atomic E-state index is 12.8. The van der Waals surface area contributed by atoms with Crippen molar-refractivity contribution in [1.29, 1.82) is 0 Å². The van der Waals surface area contributed by atoms with Crippen molar-refractivity contribution in [3.05, 3.63) is 38.9 Å². The number of hydrogen-bond acceptors (Lipinski definition) is 4. The van der Waals surface area contributed by atoms with Gasteiger partial charge in [0.1, 0.15) is 0 Å². The molecule has 25 heavy (non-hydrogen) atoms. The third-order valence-electron chi connectivity index (χ3n) is 6.32. The van der Waals surface area contributed by atoms with E-state index in [4.69, 9.17) is 17.0 Å². The fourth-order valence-corrected chi connectivity index (χ4v) is 5.19. The summed E-state index contributed by atoms with van der Waals surface area (Å²) in [6.07, 6.45) is 4.85. The Morgan fingerprint density at radius 1 is 1.32 bits per heavy atom. The van der Waals surface area contributed by atoms with Crippen molar-refractivity contribution in [2.45, 2.75) is 37.8 Å². The molecule has 1 aliphatic heterocycles. The Morgan fingerprint density at radius 3 is 2.92 bits per heavy atom. The predicted molar refractivity (Wildman–Crippen MR) is 95.1 cm³/mol. The lowest BCUT2D eigenvalue weighted by molar-refractivity contribution is -0.172. The number of ether oxygens (including phenoxy) is 1. The first kappa shape index (κ1) is 15.3. The van der Waals surface area contributed by atoms with E-state index in [9.17, 15) is 9.59 Å². The Labute approximate surface area is 149 Å². The van der Waals surface area contributed by atoms with Crippen molar-refractivity contribution >= 4 is 29.0 Å². The third kappa shape index (κ3) is 2.09. The van der Waals surface area contributed by atoms with Crippen LogP contribution in [0.4, 0.5) is 0 Å². The molecule has 1 amide bonds. The average Bonchev–Trinajstić information content (AvgIpc) is 2.95. The first-order valence-electron chi connectivity index (χ1n) is 8.77. The molecule has 0 radical (unpaired) electrons. The molecule has 0 bridgehead atoms. The van der Waals surface area contributed by atoms with Crippen molar-refractivity contribution in [1.82, 2.24) is 15.3 Å². The maximum Gasteiger partial charge on any atom is 0.259 e. The van der Waals surface area contributed by atoms with Gasteiger partial charge in [0.05, 0.1) is 17.0 Å². The number of fused-ring (bicyclic) bond motifs is 3. The SMILES string of the molecule is O=C(N[C@@H]1[C@H]2CCO[C@H]2C12CCC2)c1ccc2c(=O)[nH]c(=S)[nH]c2c1. The molecule has 3 N–H and O–H groups in total. The summed E-state index contributed by atoms with van der Waals surface area (Å²) in [6.45, 7) is 0.804. The van der Waals surface area contributed by atoms with E-state index in [-0.39, 0.29) is 27.7 Å². The van der Waals surface area contributed by atoms with Gasteiger partial charge in [0.25, 0.3) is 11.5 Å². The van der Waals surface area contributed by atoms with E-state index in [0.29, 0.717) is 28.5 Å². The minimum Gasteiger partial charge on any atom is -0.377 e. The number of rotatable bonds is 2.